The van der Waals surface area contributed by atoms with E-state index in [1.165, 1.54) is 6.42 Å². The molecule has 5 heteroatoms. The summed E-state index contributed by atoms with van der Waals surface area (Å²) in [5, 5.41) is 13.2. The molecule has 4 nitrogen and oxygen atoms in total. The third-order valence-electron chi connectivity index (χ3n) is 5.03. The third kappa shape index (κ3) is 2.63. The highest BCUT2D eigenvalue weighted by Crippen LogP contribution is 2.38. The van der Waals surface area contributed by atoms with Crippen LogP contribution >= 0.6 is 12.4 Å². The molecular weight excluding hydrogens is 264 g/mol. The second-order valence-electron chi connectivity index (χ2n) is 6.44. The van der Waals surface area contributed by atoms with Gasteiger partial charge in [-0.3, -0.25) is 4.79 Å². The van der Waals surface area contributed by atoms with E-state index in [1.54, 1.807) is 0 Å². The third-order valence-corrected chi connectivity index (χ3v) is 5.03. The predicted molar refractivity (Wildman–Crippen MR) is 76.4 cm³/mol. The van der Waals surface area contributed by atoms with Gasteiger partial charge in [0.15, 0.2) is 0 Å². The van der Waals surface area contributed by atoms with Gasteiger partial charge >= 0.3 is 0 Å². The molecule has 0 radical (unpaired) electrons. The Labute approximate surface area is 121 Å². The highest BCUT2D eigenvalue weighted by Gasteiger charge is 2.48. The quantitative estimate of drug-likeness (QED) is 0.768. The SMILES string of the molecule is CC1(C(=O)N2C3CCC2CC(O)C3)CCCCN1.Cl. The first kappa shape index (κ1) is 15.1. The molecule has 0 spiro atoms. The van der Waals surface area contributed by atoms with Crippen molar-refractivity contribution in [1.82, 2.24) is 10.2 Å². The molecule has 1 amide bonds. The van der Waals surface area contributed by atoms with Crippen LogP contribution in [0.4, 0.5) is 0 Å². The molecule has 3 saturated heterocycles. The lowest BCUT2D eigenvalue weighted by molar-refractivity contribution is -0.145. The minimum atomic E-state index is -0.360. The van der Waals surface area contributed by atoms with Gasteiger partial charge in [0, 0.05) is 12.1 Å². The number of aliphatic hydroxyl groups is 1. The van der Waals surface area contributed by atoms with Crippen LogP contribution in [0, 0.1) is 0 Å². The van der Waals surface area contributed by atoms with Crippen molar-refractivity contribution < 1.29 is 9.90 Å². The molecule has 0 aromatic rings. The normalized spacial score (nSPS) is 41.8. The van der Waals surface area contributed by atoms with E-state index in [9.17, 15) is 9.90 Å². The van der Waals surface area contributed by atoms with Gasteiger partial charge in [0.2, 0.25) is 5.91 Å². The largest absolute Gasteiger partial charge is 0.393 e. The molecule has 0 aromatic carbocycles. The topological polar surface area (TPSA) is 52.6 Å². The molecule has 3 aliphatic rings. The summed E-state index contributed by atoms with van der Waals surface area (Å²) in [7, 11) is 0. The Morgan fingerprint density at radius 2 is 1.89 bits per heavy atom. The standard InChI is InChI=1S/C14H24N2O2.ClH/c1-14(6-2-3-7-15-14)13(18)16-10-4-5-11(16)9-12(17)8-10;/h10-12,15,17H,2-9H2,1H3;1H. The van der Waals surface area contributed by atoms with Crippen LogP contribution in [0.25, 0.3) is 0 Å². The smallest absolute Gasteiger partial charge is 0.243 e. The maximum atomic E-state index is 12.8. The molecule has 3 fully saturated rings. The van der Waals surface area contributed by atoms with Crippen molar-refractivity contribution >= 4 is 18.3 Å². The van der Waals surface area contributed by atoms with E-state index in [2.05, 4.69) is 17.1 Å². The summed E-state index contributed by atoms with van der Waals surface area (Å²) in [6, 6.07) is 0.568. The number of carbonyl (C=O) groups excluding carboxylic acids is 1. The fourth-order valence-electron chi connectivity index (χ4n) is 4.00. The van der Waals surface area contributed by atoms with E-state index in [0.717, 1.165) is 45.1 Å². The molecule has 0 aromatic heterocycles. The van der Waals surface area contributed by atoms with Gasteiger partial charge in [-0.2, -0.15) is 0 Å². The molecule has 3 rings (SSSR count). The minimum absolute atomic E-state index is 0. The molecule has 0 saturated carbocycles. The van der Waals surface area contributed by atoms with Crippen LogP contribution < -0.4 is 5.32 Å². The highest BCUT2D eigenvalue weighted by molar-refractivity contribution is 5.87. The Hall–Kier alpha value is -0.320. The first-order chi connectivity index (χ1) is 8.60. The second kappa shape index (κ2) is 5.58. The molecule has 110 valence electrons. The summed E-state index contributed by atoms with van der Waals surface area (Å²) in [6.45, 7) is 3.01. The summed E-state index contributed by atoms with van der Waals surface area (Å²) in [6.07, 6.45) is 6.77. The minimum Gasteiger partial charge on any atom is -0.393 e. The molecule has 3 heterocycles. The van der Waals surface area contributed by atoms with Gasteiger partial charge in [-0.25, -0.2) is 0 Å². The van der Waals surface area contributed by atoms with E-state index in [4.69, 9.17) is 0 Å². The molecule has 19 heavy (non-hydrogen) atoms. The van der Waals surface area contributed by atoms with Crippen molar-refractivity contribution in [1.29, 1.82) is 0 Å². The van der Waals surface area contributed by atoms with Crippen molar-refractivity contribution in [3.05, 3.63) is 0 Å². The van der Waals surface area contributed by atoms with Crippen molar-refractivity contribution in [3.8, 4) is 0 Å². The lowest BCUT2D eigenvalue weighted by atomic mass is 9.87. The number of piperidine rings is 2. The molecule has 2 N–H and O–H groups in total. The number of hydrogen-bond donors (Lipinski definition) is 2. The average molecular weight is 289 g/mol. The highest BCUT2D eigenvalue weighted by atomic mass is 35.5. The van der Waals surface area contributed by atoms with Crippen LogP contribution in [0.1, 0.15) is 51.9 Å². The van der Waals surface area contributed by atoms with Crippen LogP contribution in [-0.2, 0) is 4.79 Å². The fraction of sp³-hybridized carbons (Fsp3) is 0.929. The number of aliphatic hydroxyl groups excluding tert-OH is 1. The van der Waals surface area contributed by atoms with Gasteiger partial charge in [0.25, 0.3) is 0 Å². The summed E-state index contributed by atoms with van der Waals surface area (Å²) in [4.78, 5) is 14.9. The van der Waals surface area contributed by atoms with Gasteiger partial charge in [0.1, 0.15) is 0 Å². The number of rotatable bonds is 1. The van der Waals surface area contributed by atoms with E-state index in [1.807, 2.05) is 0 Å². The van der Waals surface area contributed by atoms with Crippen molar-refractivity contribution in [2.24, 2.45) is 0 Å². The van der Waals surface area contributed by atoms with E-state index in [0.29, 0.717) is 0 Å². The molecule has 3 aliphatic heterocycles. The van der Waals surface area contributed by atoms with E-state index < -0.39 is 0 Å². The molecule has 3 atom stereocenters. The summed E-state index contributed by atoms with van der Waals surface area (Å²) in [5.41, 5.74) is -0.360. The number of amides is 1. The lowest BCUT2D eigenvalue weighted by Crippen LogP contribution is -2.62. The first-order valence-corrected chi connectivity index (χ1v) is 7.36. The van der Waals surface area contributed by atoms with Gasteiger partial charge in [-0.1, -0.05) is 0 Å². The zero-order valence-corrected chi connectivity index (χ0v) is 12.4. The van der Waals surface area contributed by atoms with Gasteiger partial charge in [-0.15, -0.1) is 12.4 Å². The van der Waals surface area contributed by atoms with Crippen LogP contribution in [-0.4, -0.2) is 46.2 Å². The van der Waals surface area contributed by atoms with Gasteiger partial charge < -0.3 is 15.3 Å². The second-order valence-corrected chi connectivity index (χ2v) is 6.44. The molecular formula is C14H25ClN2O2. The zero-order chi connectivity index (χ0) is 12.8. The Bertz CT molecular complexity index is 330. The Morgan fingerprint density at radius 1 is 1.26 bits per heavy atom. The number of nitrogens with one attached hydrogen (secondary N) is 1. The number of fused-ring (bicyclic) bond motifs is 2. The number of carbonyl (C=O) groups is 1. The summed E-state index contributed by atoms with van der Waals surface area (Å²) in [5.74, 6) is 0.279. The number of nitrogens with zero attached hydrogens (tertiary/aromatic N) is 1. The monoisotopic (exact) mass is 288 g/mol. The maximum Gasteiger partial charge on any atom is 0.243 e. The van der Waals surface area contributed by atoms with Gasteiger partial charge in [0.05, 0.1) is 11.6 Å². The fourth-order valence-corrected chi connectivity index (χ4v) is 4.00. The van der Waals surface area contributed by atoms with Crippen LogP contribution in [0.15, 0.2) is 0 Å². The first-order valence-electron chi connectivity index (χ1n) is 7.36. The maximum absolute atomic E-state index is 12.8. The zero-order valence-electron chi connectivity index (χ0n) is 11.6. The molecule has 0 aliphatic carbocycles. The Kier molecular flexibility index (Phi) is 4.43. The Balaban J connectivity index is 0.00000133. The average Bonchev–Trinajstić information content (AvgIpc) is 2.61. The van der Waals surface area contributed by atoms with Crippen molar-refractivity contribution in [2.45, 2.75) is 75.6 Å². The van der Waals surface area contributed by atoms with Crippen molar-refractivity contribution in [3.63, 3.8) is 0 Å². The Morgan fingerprint density at radius 3 is 2.42 bits per heavy atom. The lowest BCUT2D eigenvalue weighted by Gasteiger charge is -2.44. The van der Waals surface area contributed by atoms with E-state index in [-0.39, 0.29) is 42.0 Å². The number of hydrogen-bond acceptors (Lipinski definition) is 3. The molecule has 3 unspecified atom stereocenters. The van der Waals surface area contributed by atoms with Gasteiger partial charge in [-0.05, 0) is 58.4 Å². The van der Waals surface area contributed by atoms with Crippen LogP contribution in [0.3, 0.4) is 0 Å². The van der Waals surface area contributed by atoms with E-state index >= 15 is 0 Å². The van der Waals surface area contributed by atoms with Crippen LogP contribution in [0.2, 0.25) is 0 Å². The van der Waals surface area contributed by atoms with Crippen LogP contribution in [0.5, 0.6) is 0 Å². The summed E-state index contributed by atoms with van der Waals surface area (Å²) < 4.78 is 0. The predicted octanol–water partition coefficient (Wildman–Crippen LogP) is 1.45. The van der Waals surface area contributed by atoms with Crippen molar-refractivity contribution in [2.75, 3.05) is 6.54 Å². The summed E-state index contributed by atoms with van der Waals surface area (Å²) >= 11 is 0. The number of halogens is 1. The molecule has 2 bridgehead atoms.